The van der Waals surface area contributed by atoms with E-state index in [2.05, 4.69) is 15.2 Å². The fourth-order valence-electron chi connectivity index (χ4n) is 2.57. The summed E-state index contributed by atoms with van der Waals surface area (Å²) in [6.07, 6.45) is 1.64. The molecule has 0 saturated heterocycles. The van der Waals surface area contributed by atoms with Crippen molar-refractivity contribution in [3.8, 4) is 23.0 Å². The molecule has 2 aromatic carbocycles. The number of nitrogen functional groups attached to an aromatic ring is 1. The van der Waals surface area contributed by atoms with Crippen LogP contribution in [0.1, 0.15) is 11.5 Å². The summed E-state index contributed by atoms with van der Waals surface area (Å²) in [4.78, 5) is 4.50. The van der Waals surface area contributed by atoms with Gasteiger partial charge in [-0.3, -0.25) is 0 Å². The summed E-state index contributed by atoms with van der Waals surface area (Å²) in [5, 5.41) is 8.80. The molecule has 0 spiro atoms. The number of nitrogens with two attached hydrogens (primary N) is 1. The Balaban J connectivity index is 1.36. The van der Waals surface area contributed by atoms with Crippen molar-refractivity contribution in [1.82, 2.24) is 19.9 Å². The van der Waals surface area contributed by atoms with Crippen LogP contribution in [0, 0.1) is 0 Å². The smallest absolute Gasteiger partial charge is 0.226 e. The van der Waals surface area contributed by atoms with Crippen molar-refractivity contribution in [3.05, 3.63) is 72.4 Å². The Morgan fingerprint density at radius 2 is 1.90 bits per heavy atom. The zero-order chi connectivity index (χ0) is 20.1. The van der Waals surface area contributed by atoms with E-state index in [0.717, 1.165) is 17.0 Å². The Morgan fingerprint density at radius 1 is 1.07 bits per heavy atom. The highest BCUT2D eigenvalue weighted by molar-refractivity contribution is 7.98. The molecule has 29 heavy (non-hydrogen) atoms. The third-order valence-corrected chi connectivity index (χ3v) is 5.04. The number of hydrogen-bond donors (Lipinski definition) is 1. The van der Waals surface area contributed by atoms with Crippen LogP contribution in [0.3, 0.4) is 0 Å². The summed E-state index contributed by atoms with van der Waals surface area (Å²) >= 11 is 1.42. The molecule has 4 rings (SSSR count). The monoisotopic (exact) mass is 409 g/mol. The second-order valence-corrected chi connectivity index (χ2v) is 6.98. The average molecular weight is 409 g/mol. The number of benzene rings is 2. The van der Waals surface area contributed by atoms with Crippen molar-refractivity contribution < 1.29 is 13.9 Å². The zero-order valence-corrected chi connectivity index (χ0v) is 16.5. The molecular weight excluding hydrogens is 390 g/mol. The molecule has 4 aromatic rings. The number of thioether (sulfide) groups is 1. The Labute approximate surface area is 171 Å². The van der Waals surface area contributed by atoms with Gasteiger partial charge in [0.25, 0.3) is 0 Å². The van der Waals surface area contributed by atoms with Crippen LogP contribution in [-0.4, -0.2) is 27.0 Å². The van der Waals surface area contributed by atoms with Gasteiger partial charge in [0.2, 0.25) is 11.0 Å². The van der Waals surface area contributed by atoms with E-state index in [9.17, 15) is 0 Å². The lowest BCUT2D eigenvalue weighted by atomic mass is 10.2. The summed E-state index contributed by atoms with van der Waals surface area (Å²) in [7, 11) is 1.61. The first kappa shape index (κ1) is 18.9. The fourth-order valence-corrected chi connectivity index (χ4v) is 3.32. The number of methoxy groups -OCH3 is 1. The van der Waals surface area contributed by atoms with Gasteiger partial charge >= 0.3 is 0 Å². The number of nitrogens with zero attached hydrogens (tertiary/aromatic N) is 4. The van der Waals surface area contributed by atoms with Crippen LogP contribution in [0.5, 0.6) is 11.5 Å². The van der Waals surface area contributed by atoms with Gasteiger partial charge in [-0.15, -0.1) is 10.2 Å². The predicted molar refractivity (Wildman–Crippen MR) is 109 cm³/mol. The van der Waals surface area contributed by atoms with Crippen LogP contribution in [0.2, 0.25) is 0 Å². The summed E-state index contributed by atoms with van der Waals surface area (Å²) < 4.78 is 17.9. The standard InChI is InChI=1S/C20H19N5O3S/c1-26-16-8-5-9-17(10-16)27-12-18-23-24-20(25(18)21)29-13-15-11-28-19(22-15)14-6-3-2-4-7-14/h2-11H,12-13,21H2,1H3. The minimum atomic E-state index is 0.194. The third kappa shape index (κ3) is 4.52. The SMILES string of the molecule is COc1cccc(OCc2nnc(SCc3coc(-c4ccccc4)n3)n2N)c1. The Morgan fingerprint density at radius 3 is 2.72 bits per heavy atom. The number of oxazole rings is 1. The van der Waals surface area contributed by atoms with Gasteiger partial charge in [0.1, 0.15) is 24.4 Å². The molecule has 2 N–H and O–H groups in total. The lowest BCUT2D eigenvalue weighted by Crippen LogP contribution is -2.15. The molecule has 0 radical (unpaired) electrons. The predicted octanol–water partition coefficient (Wildman–Crippen LogP) is 3.53. The first-order chi connectivity index (χ1) is 14.2. The molecular formula is C20H19N5O3S. The highest BCUT2D eigenvalue weighted by Gasteiger charge is 2.13. The molecule has 0 aliphatic rings. The van der Waals surface area contributed by atoms with E-state index in [1.165, 1.54) is 16.4 Å². The maximum Gasteiger partial charge on any atom is 0.226 e. The van der Waals surface area contributed by atoms with Crippen LogP contribution < -0.4 is 15.3 Å². The van der Waals surface area contributed by atoms with E-state index in [4.69, 9.17) is 19.7 Å². The molecule has 0 amide bonds. The van der Waals surface area contributed by atoms with Gasteiger partial charge < -0.3 is 19.7 Å². The van der Waals surface area contributed by atoms with Gasteiger partial charge in [0.15, 0.2) is 5.82 Å². The highest BCUT2D eigenvalue weighted by Crippen LogP contribution is 2.24. The molecule has 2 heterocycles. The number of aromatic nitrogens is 4. The average Bonchev–Trinajstić information content (AvgIpc) is 3.38. The Kier molecular flexibility index (Phi) is 5.66. The topological polar surface area (TPSA) is 101 Å². The van der Waals surface area contributed by atoms with Crippen molar-refractivity contribution in [3.63, 3.8) is 0 Å². The van der Waals surface area contributed by atoms with Gasteiger partial charge in [-0.1, -0.05) is 36.0 Å². The van der Waals surface area contributed by atoms with Crippen LogP contribution in [-0.2, 0) is 12.4 Å². The lowest BCUT2D eigenvalue weighted by Gasteiger charge is -2.07. The molecule has 0 aliphatic heterocycles. The second-order valence-electron chi connectivity index (χ2n) is 6.04. The molecule has 2 aromatic heterocycles. The van der Waals surface area contributed by atoms with Gasteiger partial charge in [0, 0.05) is 17.4 Å². The second kappa shape index (κ2) is 8.70. The number of rotatable bonds is 8. The number of ether oxygens (including phenoxy) is 2. The van der Waals surface area contributed by atoms with Gasteiger partial charge in [-0.25, -0.2) is 9.66 Å². The van der Waals surface area contributed by atoms with E-state index in [-0.39, 0.29) is 6.61 Å². The quantitative estimate of drug-likeness (QED) is 0.348. The molecule has 0 fully saturated rings. The van der Waals surface area contributed by atoms with Gasteiger partial charge in [0.05, 0.1) is 12.8 Å². The van der Waals surface area contributed by atoms with Crippen LogP contribution in [0.4, 0.5) is 0 Å². The lowest BCUT2D eigenvalue weighted by molar-refractivity contribution is 0.289. The third-order valence-electron chi connectivity index (χ3n) is 4.07. The van der Waals surface area contributed by atoms with Crippen molar-refractivity contribution in [2.75, 3.05) is 13.0 Å². The molecule has 0 bridgehead atoms. The Bertz CT molecular complexity index is 1080. The van der Waals surface area contributed by atoms with E-state index in [1.54, 1.807) is 19.4 Å². The van der Waals surface area contributed by atoms with E-state index >= 15 is 0 Å². The molecule has 0 atom stereocenters. The summed E-state index contributed by atoms with van der Waals surface area (Å²) in [6.45, 7) is 0.194. The largest absolute Gasteiger partial charge is 0.497 e. The molecule has 0 unspecified atom stereocenters. The van der Waals surface area contributed by atoms with Gasteiger partial charge in [-0.2, -0.15) is 0 Å². The Hall–Kier alpha value is -3.46. The van der Waals surface area contributed by atoms with E-state index in [1.807, 2.05) is 48.5 Å². The van der Waals surface area contributed by atoms with Crippen molar-refractivity contribution in [1.29, 1.82) is 0 Å². The van der Waals surface area contributed by atoms with E-state index in [0.29, 0.717) is 28.4 Å². The first-order valence-corrected chi connectivity index (χ1v) is 9.80. The zero-order valence-electron chi connectivity index (χ0n) is 15.7. The minimum Gasteiger partial charge on any atom is -0.497 e. The highest BCUT2D eigenvalue weighted by atomic mass is 32.2. The normalized spacial score (nSPS) is 10.8. The fraction of sp³-hybridized carbons (Fsp3) is 0.150. The van der Waals surface area contributed by atoms with Crippen LogP contribution in [0.25, 0.3) is 11.5 Å². The van der Waals surface area contributed by atoms with Crippen molar-refractivity contribution >= 4 is 11.8 Å². The van der Waals surface area contributed by atoms with Crippen LogP contribution >= 0.6 is 11.8 Å². The molecule has 148 valence electrons. The van der Waals surface area contributed by atoms with Crippen molar-refractivity contribution in [2.24, 2.45) is 0 Å². The molecule has 8 nitrogen and oxygen atoms in total. The summed E-state index contributed by atoms with van der Waals surface area (Å²) in [5.41, 5.74) is 1.73. The maximum absolute atomic E-state index is 6.11. The van der Waals surface area contributed by atoms with Crippen LogP contribution in [0.15, 0.2) is 70.4 Å². The number of hydrogen-bond acceptors (Lipinski definition) is 8. The van der Waals surface area contributed by atoms with E-state index < -0.39 is 0 Å². The summed E-state index contributed by atoms with van der Waals surface area (Å²) in [5.74, 6) is 9.15. The van der Waals surface area contributed by atoms with Gasteiger partial charge in [-0.05, 0) is 24.3 Å². The molecule has 0 saturated carbocycles. The molecule has 0 aliphatic carbocycles. The first-order valence-electron chi connectivity index (χ1n) is 8.82. The molecule has 9 heteroatoms. The van der Waals surface area contributed by atoms with Crippen molar-refractivity contribution in [2.45, 2.75) is 17.5 Å². The minimum absolute atomic E-state index is 0.194. The summed E-state index contributed by atoms with van der Waals surface area (Å²) in [6, 6.07) is 17.1. The maximum atomic E-state index is 6.11.